The monoisotopic (exact) mass is 402 g/mol. The number of rotatable bonds is 4. The number of fused-ring (bicyclic) bond motifs is 1. The lowest BCUT2D eigenvalue weighted by Gasteiger charge is -2.23. The third-order valence-electron chi connectivity index (χ3n) is 4.88. The molecule has 0 bridgehead atoms. The first-order valence-corrected chi connectivity index (χ1v) is 8.31. The Bertz CT molecular complexity index is 613. The Hall–Kier alpha value is -1.11. The van der Waals surface area contributed by atoms with E-state index in [1.807, 2.05) is 29.2 Å². The highest BCUT2D eigenvalue weighted by Gasteiger charge is 2.54. The number of carboxylic acids is 1. The highest BCUT2D eigenvalue weighted by molar-refractivity contribution is 9.10. The molecule has 1 aliphatic carbocycles. The van der Waals surface area contributed by atoms with E-state index < -0.39 is 11.4 Å². The van der Waals surface area contributed by atoms with Crippen molar-refractivity contribution in [1.82, 2.24) is 4.90 Å². The van der Waals surface area contributed by atoms with Crippen LogP contribution in [0, 0.1) is 11.3 Å². The van der Waals surface area contributed by atoms with Gasteiger partial charge in [-0.2, -0.15) is 0 Å². The maximum atomic E-state index is 12.2. The third-order valence-corrected chi connectivity index (χ3v) is 5.57. The molecule has 2 fully saturated rings. The van der Waals surface area contributed by atoms with E-state index in [9.17, 15) is 14.7 Å². The molecule has 5 nitrogen and oxygen atoms in total. The molecule has 1 heterocycles. The van der Waals surface area contributed by atoms with E-state index in [2.05, 4.69) is 21.2 Å². The van der Waals surface area contributed by atoms with Crippen molar-refractivity contribution >= 4 is 45.9 Å². The van der Waals surface area contributed by atoms with Gasteiger partial charge >= 0.3 is 5.97 Å². The van der Waals surface area contributed by atoms with E-state index in [1.165, 1.54) is 0 Å². The molecule has 1 aromatic rings. The van der Waals surface area contributed by atoms with Gasteiger partial charge in [0.25, 0.3) is 0 Å². The van der Waals surface area contributed by atoms with Crippen LogP contribution in [-0.2, 0) is 9.59 Å². The van der Waals surface area contributed by atoms with E-state index in [0.717, 1.165) is 29.4 Å². The number of anilines is 1. The summed E-state index contributed by atoms with van der Waals surface area (Å²) in [4.78, 5) is 25.8. The number of likely N-dealkylation sites (tertiary alicyclic amines) is 1. The highest BCUT2D eigenvalue weighted by Crippen LogP contribution is 2.48. The average molecular weight is 404 g/mol. The summed E-state index contributed by atoms with van der Waals surface area (Å²) in [6, 6.07) is 7.45. The lowest BCUT2D eigenvalue weighted by atomic mass is 9.81. The summed E-state index contributed by atoms with van der Waals surface area (Å²) < 4.78 is 0.837. The largest absolute Gasteiger partial charge is 0.481 e. The summed E-state index contributed by atoms with van der Waals surface area (Å²) in [5.41, 5.74) is 0.105. The van der Waals surface area contributed by atoms with E-state index in [4.69, 9.17) is 0 Å². The van der Waals surface area contributed by atoms with Gasteiger partial charge < -0.3 is 10.4 Å². The van der Waals surface area contributed by atoms with Crippen LogP contribution in [0.3, 0.4) is 0 Å². The molecule has 1 saturated heterocycles. The van der Waals surface area contributed by atoms with Crippen LogP contribution in [0.25, 0.3) is 0 Å². The van der Waals surface area contributed by atoms with Gasteiger partial charge in [0.05, 0.1) is 17.6 Å². The summed E-state index contributed by atoms with van der Waals surface area (Å²) in [5.74, 6) is -0.627. The van der Waals surface area contributed by atoms with Gasteiger partial charge in [0, 0.05) is 17.6 Å². The minimum atomic E-state index is -0.705. The molecule has 0 aromatic heterocycles. The Morgan fingerprint density at radius 2 is 2.13 bits per heavy atom. The number of carbonyl (C=O) groups is 2. The van der Waals surface area contributed by atoms with Gasteiger partial charge in [0.2, 0.25) is 5.91 Å². The zero-order valence-corrected chi connectivity index (χ0v) is 15.0. The van der Waals surface area contributed by atoms with Crippen molar-refractivity contribution in [2.75, 3.05) is 25.0 Å². The normalized spacial score (nSPS) is 26.4. The molecule has 1 saturated carbocycles. The summed E-state index contributed by atoms with van der Waals surface area (Å²) in [6.07, 6.45) is 2.66. The molecule has 23 heavy (non-hydrogen) atoms. The number of benzene rings is 1. The van der Waals surface area contributed by atoms with Gasteiger partial charge in [-0.15, -0.1) is 12.4 Å². The number of carboxylic acid groups (broad SMARTS) is 1. The van der Waals surface area contributed by atoms with E-state index in [1.54, 1.807) is 0 Å². The topological polar surface area (TPSA) is 69.6 Å². The van der Waals surface area contributed by atoms with Crippen molar-refractivity contribution in [2.45, 2.75) is 19.3 Å². The van der Waals surface area contributed by atoms with Crippen LogP contribution in [-0.4, -0.2) is 41.5 Å². The summed E-state index contributed by atoms with van der Waals surface area (Å²) in [5, 5.41) is 12.4. The fraction of sp³-hybridized carbons (Fsp3) is 0.500. The maximum Gasteiger partial charge on any atom is 0.311 e. The number of para-hydroxylation sites is 1. The first-order chi connectivity index (χ1) is 10.5. The Labute approximate surface area is 150 Å². The molecular weight excluding hydrogens is 384 g/mol. The van der Waals surface area contributed by atoms with Crippen molar-refractivity contribution in [3.8, 4) is 0 Å². The van der Waals surface area contributed by atoms with E-state index in [-0.39, 0.29) is 30.8 Å². The number of aliphatic carboxylic acids is 1. The molecule has 7 heteroatoms. The molecule has 3 rings (SSSR count). The Morgan fingerprint density at radius 3 is 2.78 bits per heavy atom. The van der Waals surface area contributed by atoms with Gasteiger partial charge in [-0.05, 0) is 46.8 Å². The van der Waals surface area contributed by atoms with E-state index in [0.29, 0.717) is 13.1 Å². The van der Waals surface area contributed by atoms with Crippen LogP contribution in [0.4, 0.5) is 5.69 Å². The fourth-order valence-corrected chi connectivity index (χ4v) is 4.20. The minimum Gasteiger partial charge on any atom is -0.481 e. The van der Waals surface area contributed by atoms with Crippen LogP contribution < -0.4 is 5.32 Å². The van der Waals surface area contributed by atoms with Crippen LogP contribution in [0.5, 0.6) is 0 Å². The molecule has 1 aromatic carbocycles. The van der Waals surface area contributed by atoms with Crippen molar-refractivity contribution in [1.29, 1.82) is 0 Å². The Balaban J connectivity index is 0.00000192. The molecule has 0 unspecified atom stereocenters. The Kier molecular flexibility index (Phi) is 5.70. The average Bonchev–Trinajstić information content (AvgIpc) is 2.99. The summed E-state index contributed by atoms with van der Waals surface area (Å²) >= 11 is 3.40. The lowest BCUT2D eigenvalue weighted by Crippen LogP contribution is -2.37. The first kappa shape index (κ1) is 18.2. The van der Waals surface area contributed by atoms with Crippen LogP contribution >= 0.6 is 28.3 Å². The van der Waals surface area contributed by atoms with Crippen LogP contribution in [0.1, 0.15) is 19.3 Å². The minimum absolute atomic E-state index is 0. The lowest BCUT2D eigenvalue weighted by molar-refractivity contribution is -0.149. The molecule has 0 spiro atoms. The number of nitrogens with zero attached hydrogens (tertiary/aromatic N) is 1. The summed E-state index contributed by atoms with van der Waals surface area (Å²) in [7, 11) is 0. The number of hydrogen-bond donors (Lipinski definition) is 2. The van der Waals surface area contributed by atoms with Crippen molar-refractivity contribution in [3.05, 3.63) is 28.7 Å². The second-order valence-electron chi connectivity index (χ2n) is 6.25. The van der Waals surface area contributed by atoms with Crippen molar-refractivity contribution in [2.24, 2.45) is 11.3 Å². The molecule has 126 valence electrons. The molecule has 2 aliphatic rings. The molecule has 1 amide bonds. The van der Waals surface area contributed by atoms with Gasteiger partial charge in [0.1, 0.15) is 0 Å². The molecule has 2 atom stereocenters. The molecule has 0 radical (unpaired) electrons. The predicted molar refractivity (Wildman–Crippen MR) is 93.9 cm³/mol. The fourth-order valence-electron chi connectivity index (χ4n) is 3.82. The number of carbonyl (C=O) groups excluding carboxylic acids is 1. The zero-order chi connectivity index (χ0) is 15.7. The van der Waals surface area contributed by atoms with E-state index >= 15 is 0 Å². The summed E-state index contributed by atoms with van der Waals surface area (Å²) in [6.45, 7) is 1.43. The second-order valence-corrected chi connectivity index (χ2v) is 7.10. The standard InChI is InChI=1S/C16H19BrN2O3.ClH/c17-12-5-1-2-6-13(12)18-14(20)9-19-8-11-4-3-7-16(11,10-19)15(21)22;/h1-2,5-6,11H,3-4,7-10H2,(H,18,20)(H,21,22);1H/t11-,16+;/m0./s1. The predicted octanol–water partition coefficient (Wildman–Crippen LogP) is 3.00. The van der Waals surface area contributed by atoms with Crippen LogP contribution in [0.15, 0.2) is 28.7 Å². The van der Waals surface area contributed by atoms with Crippen molar-refractivity contribution in [3.63, 3.8) is 0 Å². The zero-order valence-electron chi connectivity index (χ0n) is 12.6. The SMILES string of the molecule is Cl.O=C(CN1C[C@@H]2CCC[C@@]2(C(=O)O)C1)Nc1ccccc1Br. The highest BCUT2D eigenvalue weighted by atomic mass is 79.9. The third kappa shape index (κ3) is 3.54. The molecular formula is C16H20BrClN2O3. The van der Waals surface area contributed by atoms with Gasteiger partial charge in [-0.25, -0.2) is 0 Å². The number of amides is 1. The molecule has 2 N–H and O–H groups in total. The van der Waals surface area contributed by atoms with Gasteiger partial charge in [0.15, 0.2) is 0 Å². The number of nitrogens with one attached hydrogen (secondary N) is 1. The van der Waals surface area contributed by atoms with Gasteiger partial charge in [-0.3, -0.25) is 14.5 Å². The maximum absolute atomic E-state index is 12.2. The van der Waals surface area contributed by atoms with Gasteiger partial charge in [-0.1, -0.05) is 18.6 Å². The number of halogens is 2. The van der Waals surface area contributed by atoms with Crippen molar-refractivity contribution < 1.29 is 14.7 Å². The number of hydrogen-bond acceptors (Lipinski definition) is 3. The Morgan fingerprint density at radius 1 is 1.39 bits per heavy atom. The van der Waals surface area contributed by atoms with Crippen LogP contribution in [0.2, 0.25) is 0 Å². The first-order valence-electron chi connectivity index (χ1n) is 7.51. The smallest absolute Gasteiger partial charge is 0.311 e. The molecule has 1 aliphatic heterocycles. The quantitative estimate of drug-likeness (QED) is 0.811. The second kappa shape index (κ2) is 7.20.